The lowest BCUT2D eigenvalue weighted by Crippen LogP contribution is -1.93. The van der Waals surface area contributed by atoms with E-state index in [2.05, 4.69) is 6.92 Å². The summed E-state index contributed by atoms with van der Waals surface area (Å²) >= 11 is 0. The molecule has 0 nitrogen and oxygen atoms in total. The van der Waals surface area contributed by atoms with Crippen LogP contribution in [-0.4, -0.2) is 0 Å². The highest BCUT2D eigenvalue weighted by Gasteiger charge is 2.14. The highest BCUT2D eigenvalue weighted by atomic mass is 19.2. The Labute approximate surface area is 166 Å². The SMILES string of the molecule is CCCc1ccc(-c2ccc(-c3ccc4c(F)c(F)c(F)cc4c3)cc2F)cc1. The maximum atomic E-state index is 14.8. The summed E-state index contributed by atoms with van der Waals surface area (Å²) in [6, 6.07) is 18.1. The van der Waals surface area contributed by atoms with Crippen LogP contribution < -0.4 is 0 Å². The van der Waals surface area contributed by atoms with Gasteiger partial charge in [0.1, 0.15) is 5.82 Å². The first-order valence-corrected chi connectivity index (χ1v) is 9.44. The van der Waals surface area contributed by atoms with Crippen molar-refractivity contribution in [1.82, 2.24) is 0 Å². The number of rotatable bonds is 4. The topological polar surface area (TPSA) is 0 Å². The van der Waals surface area contributed by atoms with E-state index in [9.17, 15) is 17.6 Å². The highest BCUT2D eigenvalue weighted by molar-refractivity contribution is 5.88. The Hall–Kier alpha value is -3.14. The van der Waals surface area contributed by atoms with Crippen LogP contribution in [0.2, 0.25) is 0 Å². The molecule has 0 saturated heterocycles. The largest absolute Gasteiger partial charge is 0.206 e. The Kier molecular flexibility index (Phi) is 5.10. The van der Waals surface area contributed by atoms with E-state index >= 15 is 0 Å². The van der Waals surface area contributed by atoms with Gasteiger partial charge in [-0.15, -0.1) is 0 Å². The molecule has 0 fully saturated rings. The zero-order chi connectivity index (χ0) is 20.5. The van der Waals surface area contributed by atoms with Crippen LogP contribution in [0.15, 0.2) is 66.7 Å². The Morgan fingerprint density at radius 3 is 1.97 bits per heavy atom. The van der Waals surface area contributed by atoms with Gasteiger partial charge < -0.3 is 0 Å². The number of halogens is 4. The average molecular weight is 394 g/mol. The van der Waals surface area contributed by atoms with Crippen molar-refractivity contribution in [3.8, 4) is 22.3 Å². The van der Waals surface area contributed by atoms with Gasteiger partial charge in [0.05, 0.1) is 0 Å². The summed E-state index contributed by atoms with van der Waals surface area (Å²) in [5.41, 5.74) is 3.64. The molecule has 0 amide bonds. The van der Waals surface area contributed by atoms with Crippen molar-refractivity contribution in [2.24, 2.45) is 0 Å². The summed E-state index contributed by atoms with van der Waals surface area (Å²) in [4.78, 5) is 0. The molecular formula is C25H18F4. The van der Waals surface area contributed by atoms with Gasteiger partial charge in [0.25, 0.3) is 0 Å². The molecule has 0 aromatic heterocycles. The molecule has 29 heavy (non-hydrogen) atoms. The number of benzene rings is 4. The first-order valence-electron chi connectivity index (χ1n) is 9.44. The van der Waals surface area contributed by atoms with Gasteiger partial charge in [-0.25, -0.2) is 17.6 Å². The third kappa shape index (κ3) is 3.63. The van der Waals surface area contributed by atoms with Crippen molar-refractivity contribution in [2.75, 3.05) is 0 Å². The lowest BCUT2D eigenvalue weighted by atomic mass is 9.97. The molecule has 0 N–H and O–H groups in total. The van der Waals surface area contributed by atoms with Crippen molar-refractivity contribution >= 4 is 10.8 Å². The van der Waals surface area contributed by atoms with Crippen LogP contribution in [0.3, 0.4) is 0 Å². The van der Waals surface area contributed by atoms with Crippen molar-refractivity contribution in [2.45, 2.75) is 19.8 Å². The molecule has 4 aromatic carbocycles. The molecule has 4 aromatic rings. The van der Waals surface area contributed by atoms with Crippen molar-refractivity contribution in [1.29, 1.82) is 0 Å². The van der Waals surface area contributed by atoms with Crippen LogP contribution in [-0.2, 0) is 6.42 Å². The van der Waals surface area contributed by atoms with Gasteiger partial charge in [-0.05, 0) is 52.3 Å². The Morgan fingerprint density at radius 2 is 1.28 bits per heavy atom. The van der Waals surface area contributed by atoms with E-state index in [4.69, 9.17) is 0 Å². The maximum Gasteiger partial charge on any atom is 0.195 e. The first kappa shape index (κ1) is 19.2. The quantitative estimate of drug-likeness (QED) is 0.246. The molecule has 0 radical (unpaired) electrons. The molecule has 0 heterocycles. The van der Waals surface area contributed by atoms with E-state index in [0.717, 1.165) is 24.5 Å². The minimum absolute atomic E-state index is 0.0167. The van der Waals surface area contributed by atoms with Crippen molar-refractivity contribution in [3.05, 3.63) is 95.6 Å². The molecule has 0 spiro atoms. The van der Waals surface area contributed by atoms with Crippen LogP contribution in [0.1, 0.15) is 18.9 Å². The van der Waals surface area contributed by atoms with E-state index < -0.39 is 17.5 Å². The number of fused-ring (bicyclic) bond motifs is 1. The fourth-order valence-electron chi connectivity index (χ4n) is 3.55. The predicted octanol–water partition coefficient (Wildman–Crippen LogP) is 7.68. The van der Waals surface area contributed by atoms with Crippen LogP contribution >= 0.6 is 0 Å². The van der Waals surface area contributed by atoms with Crippen LogP contribution in [0.4, 0.5) is 17.6 Å². The standard InChI is InChI=1S/C25H18F4/c1-2-3-15-4-6-16(7-5-15)20-10-8-18(13-22(20)26)17-9-11-21-19(12-17)14-23(27)25(29)24(21)28/h4-14H,2-3H2,1H3. The average Bonchev–Trinajstić information content (AvgIpc) is 2.73. The van der Waals surface area contributed by atoms with E-state index in [1.54, 1.807) is 18.2 Å². The van der Waals surface area contributed by atoms with Gasteiger partial charge in [-0.1, -0.05) is 61.9 Å². The molecule has 0 saturated carbocycles. The minimum Gasteiger partial charge on any atom is -0.206 e. The van der Waals surface area contributed by atoms with E-state index in [-0.39, 0.29) is 16.6 Å². The second-order valence-corrected chi connectivity index (χ2v) is 7.06. The van der Waals surface area contributed by atoms with Gasteiger partial charge in [0.2, 0.25) is 0 Å². The van der Waals surface area contributed by atoms with E-state index in [1.807, 2.05) is 24.3 Å². The van der Waals surface area contributed by atoms with Gasteiger partial charge >= 0.3 is 0 Å². The molecular weight excluding hydrogens is 376 g/mol. The zero-order valence-corrected chi connectivity index (χ0v) is 15.8. The van der Waals surface area contributed by atoms with E-state index in [0.29, 0.717) is 16.7 Å². The fraction of sp³-hybridized carbons (Fsp3) is 0.120. The highest BCUT2D eigenvalue weighted by Crippen LogP contribution is 2.31. The lowest BCUT2D eigenvalue weighted by molar-refractivity contribution is 0.453. The van der Waals surface area contributed by atoms with E-state index in [1.165, 1.54) is 23.8 Å². The predicted molar refractivity (Wildman–Crippen MR) is 109 cm³/mol. The second kappa shape index (κ2) is 7.70. The number of hydrogen-bond acceptors (Lipinski definition) is 0. The molecule has 4 heteroatoms. The van der Waals surface area contributed by atoms with Crippen LogP contribution in [0.25, 0.3) is 33.0 Å². The minimum atomic E-state index is -1.49. The fourth-order valence-corrected chi connectivity index (χ4v) is 3.55. The maximum absolute atomic E-state index is 14.8. The lowest BCUT2D eigenvalue weighted by Gasteiger charge is -2.09. The third-order valence-electron chi connectivity index (χ3n) is 5.08. The molecule has 0 aliphatic carbocycles. The van der Waals surface area contributed by atoms with Gasteiger partial charge in [-0.2, -0.15) is 0 Å². The molecule has 0 atom stereocenters. The smallest absolute Gasteiger partial charge is 0.195 e. The summed E-state index contributed by atoms with van der Waals surface area (Å²) in [6.45, 7) is 2.11. The summed E-state index contributed by atoms with van der Waals surface area (Å²) in [5.74, 6) is -4.35. The summed E-state index contributed by atoms with van der Waals surface area (Å²) < 4.78 is 55.7. The Morgan fingerprint density at radius 1 is 0.621 bits per heavy atom. The van der Waals surface area contributed by atoms with Crippen LogP contribution in [0, 0.1) is 23.3 Å². The summed E-state index contributed by atoms with van der Waals surface area (Å²) in [6.07, 6.45) is 2.03. The van der Waals surface area contributed by atoms with Crippen LogP contribution in [0.5, 0.6) is 0 Å². The van der Waals surface area contributed by atoms with Gasteiger partial charge in [-0.3, -0.25) is 0 Å². The Balaban J connectivity index is 1.71. The summed E-state index contributed by atoms with van der Waals surface area (Å²) in [7, 11) is 0. The van der Waals surface area contributed by atoms with Gasteiger partial charge in [0.15, 0.2) is 17.5 Å². The molecule has 4 rings (SSSR count). The van der Waals surface area contributed by atoms with Crippen molar-refractivity contribution in [3.63, 3.8) is 0 Å². The third-order valence-corrected chi connectivity index (χ3v) is 5.08. The number of aryl methyl sites for hydroxylation is 1. The monoisotopic (exact) mass is 394 g/mol. The molecule has 0 aliphatic rings. The molecule has 0 bridgehead atoms. The first-order chi connectivity index (χ1) is 14.0. The zero-order valence-electron chi connectivity index (χ0n) is 15.8. The molecule has 0 aliphatic heterocycles. The summed E-state index contributed by atoms with van der Waals surface area (Å²) in [5, 5.41) is 0.201. The number of hydrogen-bond donors (Lipinski definition) is 0. The second-order valence-electron chi connectivity index (χ2n) is 7.06. The Bertz CT molecular complexity index is 1190. The molecule has 0 unspecified atom stereocenters. The van der Waals surface area contributed by atoms with Gasteiger partial charge in [0, 0.05) is 10.9 Å². The normalized spacial score (nSPS) is 11.2. The van der Waals surface area contributed by atoms with Crippen molar-refractivity contribution < 1.29 is 17.6 Å². The molecule has 146 valence electrons.